The molecule has 0 bridgehead atoms. The molecule has 0 saturated carbocycles. The first-order valence-corrected chi connectivity index (χ1v) is 7.62. The highest BCUT2D eigenvalue weighted by molar-refractivity contribution is 4.92. The molecule has 2 nitrogen and oxygen atoms in total. The van der Waals surface area contributed by atoms with E-state index in [4.69, 9.17) is 4.74 Å². The van der Waals surface area contributed by atoms with E-state index in [1.54, 1.807) is 0 Å². The largest absolute Gasteiger partial charge is 0.395 e. The zero-order chi connectivity index (χ0) is 15.0. The summed E-state index contributed by atoms with van der Waals surface area (Å²) >= 11 is 0. The van der Waals surface area contributed by atoms with Crippen molar-refractivity contribution in [3.05, 3.63) is 0 Å². The van der Waals surface area contributed by atoms with Crippen LogP contribution < -0.4 is 0 Å². The van der Waals surface area contributed by atoms with Crippen molar-refractivity contribution in [3.8, 4) is 0 Å². The van der Waals surface area contributed by atoms with Crippen molar-refractivity contribution in [1.82, 2.24) is 4.90 Å². The molecule has 2 saturated heterocycles. The molecule has 118 valence electrons. The molecule has 2 heterocycles. The molecule has 0 unspecified atom stereocenters. The Morgan fingerprint density at radius 1 is 1.20 bits per heavy atom. The van der Waals surface area contributed by atoms with E-state index >= 15 is 0 Å². The molecule has 0 spiro atoms. The number of halogens is 3. The highest BCUT2D eigenvalue weighted by atomic mass is 19.4. The summed E-state index contributed by atoms with van der Waals surface area (Å²) in [6.07, 6.45) is -1.66. The second-order valence-corrected chi connectivity index (χ2v) is 6.92. The molecule has 0 amide bonds. The minimum absolute atomic E-state index is 0.174. The van der Waals surface area contributed by atoms with Gasteiger partial charge < -0.3 is 4.74 Å². The zero-order valence-electron chi connectivity index (χ0n) is 12.7. The average Bonchev–Trinajstić information content (AvgIpc) is 2.38. The number of hydrogen-bond acceptors (Lipinski definition) is 2. The topological polar surface area (TPSA) is 12.5 Å². The van der Waals surface area contributed by atoms with Crippen LogP contribution >= 0.6 is 0 Å². The summed E-state index contributed by atoms with van der Waals surface area (Å²) in [5.41, 5.74) is 0.273. The van der Waals surface area contributed by atoms with Gasteiger partial charge in [-0.1, -0.05) is 20.8 Å². The number of rotatable bonds is 2. The van der Waals surface area contributed by atoms with Gasteiger partial charge in [0.1, 0.15) is 0 Å². The second kappa shape index (κ2) is 5.84. The van der Waals surface area contributed by atoms with Gasteiger partial charge in [-0.3, -0.25) is 4.90 Å². The highest BCUT2D eigenvalue weighted by Crippen LogP contribution is 2.41. The van der Waals surface area contributed by atoms with E-state index in [0.29, 0.717) is 18.9 Å². The first-order valence-electron chi connectivity index (χ1n) is 7.62. The molecule has 2 aliphatic rings. The standard InChI is InChI=1S/C15H26F3NO/c1-11(2)14(3)5-7-19(8-6-14)13-4-9-20-10-12(13)15(16,17)18/h11-13H,4-10H2,1-3H3/t12-,13-/m0/s1. The normalized spacial score (nSPS) is 32.5. The zero-order valence-corrected chi connectivity index (χ0v) is 12.7. The Morgan fingerprint density at radius 2 is 1.80 bits per heavy atom. The summed E-state index contributed by atoms with van der Waals surface area (Å²) in [4.78, 5) is 2.06. The molecule has 0 aromatic rings. The van der Waals surface area contributed by atoms with Crippen molar-refractivity contribution >= 4 is 0 Å². The minimum atomic E-state index is -4.15. The maximum Gasteiger partial charge on any atom is 0.395 e. The molecule has 0 radical (unpaired) electrons. The minimum Gasteiger partial charge on any atom is -0.381 e. The number of alkyl halides is 3. The Kier molecular flexibility index (Phi) is 4.69. The van der Waals surface area contributed by atoms with Crippen LogP contribution in [0.4, 0.5) is 13.2 Å². The summed E-state index contributed by atoms with van der Waals surface area (Å²) in [7, 11) is 0. The van der Waals surface area contributed by atoms with E-state index in [2.05, 4.69) is 25.7 Å². The summed E-state index contributed by atoms with van der Waals surface area (Å²) in [5, 5.41) is 0. The first kappa shape index (κ1) is 16.1. The Hall–Kier alpha value is -0.290. The average molecular weight is 293 g/mol. The third-order valence-corrected chi connectivity index (χ3v) is 5.54. The number of likely N-dealkylation sites (tertiary alicyclic amines) is 1. The Morgan fingerprint density at radius 3 is 2.30 bits per heavy atom. The predicted molar refractivity (Wildman–Crippen MR) is 72.5 cm³/mol. The van der Waals surface area contributed by atoms with E-state index in [9.17, 15) is 13.2 Å². The summed E-state index contributed by atoms with van der Waals surface area (Å²) in [5.74, 6) is -0.739. The van der Waals surface area contributed by atoms with Crippen LogP contribution in [-0.4, -0.2) is 43.4 Å². The van der Waals surface area contributed by atoms with Gasteiger partial charge in [0.25, 0.3) is 0 Å². The maximum atomic E-state index is 13.1. The summed E-state index contributed by atoms with van der Waals surface area (Å²) < 4.78 is 44.4. The molecular formula is C15H26F3NO. The van der Waals surface area contributed by atoms with E-state index in [1.165, 1.54) is 0 Å². The third-order valence-electron chi connectivity index (χ3n) is 5.54. The molecule has 0 aromatic heterocycles. The van der Waals surface area contributed by atoms with Gasteiger partial charge in [0.05, 0.1) is 12.5 Å². The lowest BCUT2D eigenvalue weighted by Gasteiger charge is -2.47. The van der Waals surface area contributed by atoms with Crippen LogP contribution in [0.15, 0.2) is 0 Å². The van der Waals surface area contributed by atoms with E-state index < -0.39 is 12.1 Å². The van der Waals surface area contributed by atoms with Crippen molar-refractivity contribution in [2.24, 2.45) is 17.3 Å². The van der Waals surface area contributed by atoms with Crippen LogP contribution in [0.1, 0.15) is 40.0 Å². The third kappa shape index (κ3) is 3.30. The van der Waals surface area contributed by atoms with Crippen molar-refractivity contribution < 1.29 is 17.9 Å². The van der Waals surface area contributed by atoms with Crippen LogP contribution in [0.5, 0.6) is 0 Å². The Labute approximate surface area is 119 Å². The monoisotopic (exact) mass is 293 g/mol. The molecule has 5 heteroatoms. The van der Waals surface area contributed by atoms with Crippen LogP contribution in [0.25, 0.3) is 0 Å². The molecule has 20 heavy (non-hydrogen) atoms. The second-order valence-electron chi connectivity index (χ2n) is 6.92. The predicted octanol–water partition coefficient (Wildman–Crippen LogP) is 3.71. The van der Waals surface area contributed by atoms with Crippen LogP contribution in [0.3, 0.4) is 0 Å². The number of nitrogens with zero attached hydrogens (tertiary/aromatic N) is 1. The van der Waals surface area contributed by atoms with Gasteiger partial charge in [-0.15, -0.1) is 0 Å². The van der Waals surface area contributed by atoms with Crippen LogP contribution in [0.2, 0.25) is 0 Å². The van der Waals surface area contributed by atoms with Crippen molar-refractivity contribution in [2.75, 3.05) is 26.3 Å². The number of ether oxygens (including phenoxy) is 1. The van der Waals surface area contributed by atoms with Crippen LogP contribution in [-0.2, 0) is 4.74 Å². The van der Waals surface area contributed by atoms with E-state index in [0.717, 1.165) is 25.9 Å². The molecule has 0 aromatic carbocycles. The molecule has 0 aliphatic carbocycles. The first-order chi connectivity index (χ1) is 9.24. The van der Waals surface area contributed by atoms with Gasteiger partial charge in [0, 0.05) is 12.6 Å². The van der Waals surface area contributed by atoms with E-state index in [1.807, 2.05) is 0 Å². The number of piperidine rings is 1. The Balaban J connectivity index is 2.01. The van der Waals surface area contributed by atoms with Gasteiger partial charge >= 0.3 is 6.18 Å². The lowest BCUT2D eigenvalue weighted by atomic mass is 9.71. The fraction of sp³-hybridized carbons (Fsp3) is 1.00. The molecule has 0 N–H and O–H groups in total. The van der Waals surface area contributed by atoms with Gasteiger partial charge in [-0.05, 0) is 43.7 Å². The molecule has 2 atom stereocenters. The van der Waals surface area contributed by atoms with Crippen molar-refractivity contribution in [3.63, 3.8) is 0 Å². The van der Waals surface area contributed by atoms with E-state index in [-0.39, 0.29) is 18.1 Å². The molecular weight excluding hydrogens is 267 g/mol. The quantitative estimate of drug-likeness (QED) is 0.769. The fourth-order valence-corrected chi connectivity index (χ4v) is 3.42. The lowest BCUT2D eigenvalue weighted by molar-refractivity contribution is -0.221. The molecule has 2 aliphatic heterocycles. The molecule has 2 fully saturated rings. The highest BCUT2D eigenvalue weighted by Gasteiger charge is 2.49. The Bertz CT molecular complexity index is 322. The summed E-state index contributed by atoms with van der Waals surface area (Å²) in [6.45, 7) is 8.53. The number of hydrogen-bond donors (Lipinski definition) is 0. The van der Waals surface area contributed by atoms with Crippen molar-refractivity contribution in [2.45, 2.75) is 52.3 Å². The van der Waals surface area contributed by atoms with Crippen molar-refractivity contribution in [1.29, 1.82) is 0 Å². The fourth-order valence-electron chi connectivity index (χ4n) is 3.42. The van der Waals surface area contributed by atoms with Gasteiger partial charge in [0.2, 0.25) is 0 Å². The van der Waals surface area contributed by atoms with Gasteiger partial charge in [0.15, 0.2) is 0 Å². The SMILES string of the molecule is CC(C)C1(C)CCN([C@H]2CCOC[C@@H]2C(F)(F)F)CC1. The van der Waals surface area contributed by atoms with Gasteiger partial charge in [-0.2, -0.15) is 13.2 Å². The maximum absolute atomic E-state index is 13.1. The van der Waals surface area contributed by atoms with Gasteiger partial charge in [-0.25, -0.2) is 0 Å². The van der Waals surface area contributed by atoms with Crippen LogP contribution in [0, 0.1) is 17.3 Å². The lowest BCUT2D eigenvalue weighted by Crippen LogP contribution is -2.54. The molecule has 2 rings (SSSR count). The summed E-state index contributed by atoms with van der Waals surface area (Å²) in [6, 6.07) is -0.388. The smallest absolute Gasteiger partial charge is 0.381 e.